The van der Waals surface area contributed by atoms with Gasteiger partial charge in [0.05, 0.1) is 40.8 Å². The highest BCUT2D eigenvalue weighted by Gasteiger charge is 2.33. The van der Waals surface area contributed by atoms with Crippen LogP contribution in [0.1, 0.15) is 45.8 Å². The first-order chi connectivity index (χ1) is 14.3. The van der Waals surface area contributed by atoms with E-state index >= 15 is 0 Å². The van der Waals surface area contributed by atoms with Crippen LogP contribution >= 0.6 is 11.6 Å². The van der Waals surface area contributed by atoms with Gasteiger partial charge in [0.2, 0.25) is 0 Å². The van der Waals surface area contributed by atoms with E-state index in [1.165, 1.54) is 18.2 Å². The third-order valence-corrected chi connectivity index (χ3v) is 6.39. The first-order valence-corrected chi connectivity index (χ1v) is 10.2. The maximum Gasteiger partial charge on any atom is 0.258 e. The lowest BCUT2D eigenvalue weighted by molar-refractivity contribution is 0.0722. The van der Waals surface area contributed by atoms with Gasteiger partial charge in [0.15, 0.2) is 5.65 Å². The molecule has 5 rings (SSSR count). The molecule has 2 aromatic heterocycles. The van der Waals surface area contributed by atoms with Crippen LogP contribution in [0.15, 0.2) is 18.2 Å². The fraction of sp³-hybridized carbons (Fsp3) is 0.381. The molecule has 1 amide bonds. The number of fused-ring (bicyclic) bond motifs is 3. The van der Waals surface area contributed by atoms with E-state index in [0.29, 0.717) is 42.2 Å². The number of nitrogens with two attached hydrogens (primary N) is 1. The van der Waals surface area contributed by atoms with Crippen molar-refractivity contribution in [2.24, 2.45) is 5.73 Å². The zero-order chi connectivity index (χ0) is 21.2. The Labute approximate surface area is 177 Å². The van der Waals surface area contributed by atoms with Gasteiger partial charge in [-0.2, -0.15) is 5.10 Å². The second-order valence-electron chi connectivity index (χ2n) is 8.03. The molecule has 9 heteroatoms. The van der Waals surface area contributed by atoms with Crippen molar-refractivity contribution in [1.82, 2.24) is 19.5 Å². The Balaban J connectivity index is 1.43. The van der Waals surface area contributed by atoms with Gasteiger partial charge < -0.3 is 15.4 Å². The number of hydrogen-bond donors (Lipinski definition) is 1. The second kappa shape index (κ2) is 6.92. The van der Waals surface area contributed by atoms with Crippen molar-refractivity contribution in [3.8, 4) is 5.75 Å². The quantitative estimate of drug-likeness (QED) is 0.691. The fourth-order valence-corrected chi connectivity index (χ4v) is 4.20. The molecule has 0 bridgehead atoms. The summed E-state index contributed by atoms with van der Waals surface area (Å²) in [6, 6.07) is 4.11. The molecule has 1 aromatic carbocycles. The molecular weight excluding hydrogens is 409 g/mol. The Morgan fingerprint density at radius 1 is 1.30 bits per heavy atom. The van der Waals surface area contributed by atoms with Crippen molar-refractivity contribution < 1.29 is 13.9 Å². The van der Waals surface area contributed by atoms with Gasteiger partial charge in [-0.05, 0) is 38.8 Å². The van der Waals surface area contributed by atoms with Crippen LogP contribution in [-0.4, -0.2) is 37.6 Å². The molecule has 7 nitrogen and oxygen atoms in total. The Bertz CT molecular complexity index is 1190. The predicted octanol–water partition coefficient (Wildman–Crippen LogP) is 3.16. The molecule has 0 saturated heterocycles. The number of carbonyl (C=O) groups excluding carboxylic acids is 1. The highest BCUT2D eigenvalue weighted by molar-refractivity contribution is 6.31. The summed E-state index contributed by atoms with van der Waals surface area (Å²) in [6.45, 7) is 4.46. The number of aryl methyl sites for hydroxylation is 2. The largest absolute Gasteiger partial charge is 0.489 e. The van der Waals surface area contributed by atoms with Crippen molar-refractivity contribution in [1.29, 1.82) is 0 Å². The van der Waals surface area contributed by atoms with Crippen LogP contribution in [-0.2, 0) is 13.1 Å². The second-order valence-corrected chi connectivity index (χ2v) is 8.41. The van der Waals surface area contributed by atoms with Gasteiger partial charge in [-0.1, -0.05) is 11.6 Å². The maximum atomic E-state index is 13.8. The molecule has 3 aromatic rings. The molecule has 1 saturated carbocycles. The van der Waals surface area contributed by atoms with Crippen molar-refractivity contribution in [2.45, 2.75) is 51.9 Å². The van der Waals surface area contributed by atoms with Crippen LogP contribution in [0.25, 0.3) is 5.65 Å². The zero-order valence-corrected chi connectivity index (χ0v) is 17.4. The number of aromatic nitrogens is 3. The molecule has 30 heavy (non-hydrogen) atoms. The summed E-state index contributed by atoms with van der Waals surface area (Å²) in [6.07, 6.45) is 1.31. The SMILES string of the molecule is Cc1nc2c3c(nn2c(C)c1Cl)CN(C(=O)c1ccc(F)cc1OC1CC(N)C1)C3. The lowest BCUT2D eigenvalue weighted by Gasteiger charge is -2.33. The van der Waals surface area contributed by atoms with Crippen molar-refractivity contribution in [2.75, 3.05) is 0 Å². The Kier molecular flexibility index (Phi) is 4.44. The molecule has 1 aliphatic carbocycles. The lowest BCUT2D eigenvalue weighted by Crippen LogP contribution is -2.43. The van der Waals surface area contributed by atoms with E-state index in [1.807, 2.05) is 13.8 Å². The van der Waals surface area contributed by atoms with Crippen LogP contribution < -0.4 is 10.5 Å². The summed E-state index contributed by atoms with van der Waals surface area (Å²) in [4.78, 5) is 19.5. The first-order valence-electron chi connectivity index (χ1n) is 9.86. The van der Waals surface area contributed by atoms with Crippen LogP contribution in [0.2, 0.25) is 5.02 Å². The van der Waals surface area contributed by atoms with Crippen molar-refractivity contribution >= 4 is 23.2 Å². The number of hydrogen-bond acceptors (Lipinski definition) is 5. The minimum Gasteiger partial charge on any atom is -0.489 e. The van der Waals surface area contributed by atoms with E-state index in [1.54, 1.807) is 9.42 Å². The summed E-state index contributed by atoms with van der Waals surface area (Å²) in [5.41, 5.74) is 10.1. The summed E-state index contributed by atoms with van der Waals surface area (Å²) >= 11 is 6.30. The molecule has 1 fully saturated rings. The fourth-order valence-electron chi connectivity index (χ4n) is 4.08. The van der Waals surface area contributed by atoms with Gasteiger partial charge in [0.1, 0.15) is 17.7 Å². The van der Waals surface area contributed by atoms with Gasteiger partial charge in [-0.25, -0.2) is 13.9 Å². The van der Waals surface area contributed by atoms with Gasteiger partial charge in [-0.3, -0.25) is 4.79 Å². The molecule has 3 heterocycles. The third-order valence-electron chi connectivity index (χ3n) is 5.84. The van der Waals surface area contributed by atoms with Crippen LogP contribution in [0.4, 0.5) is 4.39 Å². The topological polar surface area (TPSA) is 85.8 Å². The lowest BCUT2D eigenvalue weighted by atomic mass is 9.90. The summed E-state index contributed by atoms with van der Waals surface area (Å²) in [7, 11) is 0. The molecule has 0 atom stereocenters. The average Bonchev–Trinajstić information content (AvgIpc) is 3.24. The monoisotopic (exact) mass is 429 g/mol. The summed E-state index contributed by atoms with van der Waals surface area (Å²) in [5.74, 6) is -0.418. The minimum absolute atomic E-state index is 0.0896. The smallest absolute Gasteiger partial charge is 0.258 e. The molecule has 0 radical (unpaired) electrons. The Hall–Kier alpha value is -2.71. The standard InChI is InChI=1S/C21H21ClFN5O2/c1-10-19(22)11(2)28-20(25-10)16-8-27(9-17(16)26-28)21(29)15-4-3-12(23)5-18(15)30-14-6-13(24)7-14/h3-5,13-14H,6-9,24H2,1-2H3. The van der Waals surface area contributed by atoms with E-state index in [2.05, 4.69) is 10.1 Å². The van der Waals surface area contributed by atoms with Crippen LogP contribution in [0, 0.1) is 19.7 Å². The van der Waals surface area contributed by atoms with E-state index in [-0.39, 0.29) is 23.8 Å². The third kappa shape index (κ3) is 3.02. The molecular formula is C21H21ClFN5O2. The van der Waals surface area contributed by atoms with Gasteiger partial charge in [0, 0.05) is 17.7 Å². The molecule has 2 aliphatic rings. The number of carbonyl (C=O) groups is 1. The highest BCUT2D eigenvalue weighted by atomic mass is 35.5. The van der Waals surface area contributed by atoms with E-state index in [4.69, 9.17) is 22.1 Å². The highest BCUT2D eigenvalue weighted by Crippen LogP contribution is 2.33. The van der Waals surface area contributed by atoms with Crippen LogP contribution in [0.5, 0.6) is 5.75 Å². The molecule has 156 valence electrons. The molecule has 1 aliphatic heterocycles. The molecule has 2 N–H and O–H groups in total. The van der Waals surface area contributed by atoms with Gasteiger partial charge in [0.25, 0.3) is 5.91 Å². The molecule has 0 unspecified atom stereocenters. The number of ether oxygens (including phenoxy) is 1. The van der Waals surface area contributed by atoms with E-state index in [9.17, 15) is 9.18 Å². The van der Waals surface area contributed by atoms with Crippen molar-refractivity contribution in [3.05, 3.63) is 57.2 Å². The number of nitrogens with zero attached hydrogens (tertiary/aromatic N) is 4. The van der Waals surface area contributed by atoms with Crippen molar-refractivity contribution in [3.63, 3.8) is 0 Å². The van der Waals surface area contributed by atoms with Gasteiger partial charge >= 0.3 is 0 Å². The maximum absolute atomic E-state index is 13.8. The summed E-state index contributed by atoms with van der Waals surface area (Å²) < 4.78 is 21.4. The number of rotatable bonds is 3. The van der Waals surface area contributed by atoms with Crippen LogP contribution in [0.3, 0.4) is 0 Å². The van der Waals surface area contributed by atoms with E-state index < -0.39 is 5.82 Å². The van der Waals surface area contributed by atoms with E-state index in [0.717, 1.165) is 22.6 Å². The van der Waals surface area contributed by atoms with Gasteiger partial charge in [-0.15, -0.1) is 0 Å². The zero-order valence-electron chi connectivity index (χ0n) is 16.7. The average molecular weight is 430 g/mol. The normalized spacial score (nSPS) is 20.4. The number of benzene rings is 1. The number of halogens is 2. The minimum atomic E-state index is -0.445. The predicted molar refractivity (Wildman–Crippen MR) is 109 cm³/mol. The number of amides is 1. The Morgan fingerprint density at radius 2 is 2.07 bits per heavy atom. The molecule has 0 spiro atoms. The Morgan fingerprint density at radius 3 is 2.80 bits per heavy atom. The summed E-state index contributed by atoms with van der Waals surface area (Å²) in [5, 5.41) is 5.19. The first kappa shape index (κ1) is 19.3.